The van der Waals surface area contributed by atoms with Crippen LogP contribution in [0.15, 0.2) is 43.0 Å². The van der Waals surface area contributed by atoms with Gasteiger partial charge in [0, 0.05) is 63.9 Å². The van der Waals surface area contributed by atoms with Gasteiger partial charge in [-0.3, -0.25) is 9.48 Å². The van der Waals surface area contributed by atoms with E-state index in [1.807, 2.05) is 38.4 Å². The zero-order valence-electron chi connectivity index (χ0n) is 17.5. The number of pyridine rings is 1. The highest BCUT2D eigenvalue weighted by atomic mass is 16.2. The molecular formula is C21H26N8O. The molecule has 0 aromatic carbocycles. The summed E-state index contributed by atoms with van der Waals surface area (Å²) >= 11 is 0. The number of anilines is 2. The standard InChI is InChI=1S/C21H26N8O/c1-4-27(2)20(30)15-5-6-19(23-11-15)25-17-8-10-29(14-17)21-22-9-7-18(26-21)16-12-24-28(3)13-16/h5-7,9,11-13,17H,4,8,10,14H2,1-3H3,(H,23,25). The molecule has 1 aliphatic rings. The second kappa shape index (κ2) is 8.48. The van der Waals surface area contributed by atoms with Gasteiger partial charge in [0.15, 0.2) is 0 Å². The third-order valence-electron chi connectivity index (χ3n) is 5.30. The van der Waals surface area contributed by atoms with Crippen molar-refractivity contribution in [1.29, 1.82) is 0 Å². The Morgan fingerprint density at radius 2 is 2.13 bits per heavy atom. The summed E-state index contributed by atoms with van der Waals surface area (Å²) in [4.78, 5) is 29.6. The Hall–Kier alpha value is -3.49. The van der Waals surface area contributed by atoms with Gasteiger partial charge in [-0.2, -0.15) is 5.10 Å². The molecule has 0 aliphatic carbocycles. The molecule has 1 amide bonds. The topological polar surface area (TPSA) is 92.1 Å². The third kappa shape index (κ3) is 4.24. The van der Waals surface area contributed by atoms with Crippen LogP contribution in [0, 0.1) is 0 Å². The lowest BCUT2D eigenvalue weighted by Crippen LogP contribution is -2.28. The van der Waals surface area contributed by atoms with Crippen molar-refractivity contribution in [3.05, 3.63) is 48.5 Å². The molecule has 156 valence electrons. The van der Waals surface area contributed by atoms with Crippen LogP contribution in [0.4, 0.5) is 11.8 Å². The van der Waals surface area contributed by atoms with Crippen LogP contribution in [0.3, 0.4) is 0 Å². The monoisotopic (exact) mass is 406 g/mol. The number of carbonyl (C=O) groups is 1. The van der Waals surface area contributed by atoms with E-state index in [9.17, 15) is 4.79 Å². The van der Waals surface area contributed by atoms with Gasteiger partial charge in [-0.15, -0.1) is 0 Å². The Balaban J connectivity index is 1.39. The number of nitrogens with one attached hydrogen (secondary N) is 1. The Kier molecular flexibility index (Phi) is 5.60. The maximum absolute atomic E-state index is 12.2. The van der Waals surface area contributed by atoms with Gasteiger partial charge in [0.1, 0.15) is 5.82 Å². The first-order valence-corrected chi connectivity index (χ1v) is 10.1. The Morgan fingerprint density at radius 3 is 2.83 bits per heavy atom. The fourth-order valence-corrected chi connectivity index (χ4v) is 3.45. The van der Waals surface area contributed by atoms with E-state index in [4.69, 9.17) is 4.98 Å². The fourth-order valence-electron chi connectivity index (χ4n) is 3.45. The van der Waals surface area contributed by atoms with Crippen molar-refractivity contribution in [3.8, 4) is 11.3 Å². The number of aromatic nitrogens is 5. The van der Waals surface area contributed by atoms with Gasteiger partial charge in [0.05, 0.1) is 17.5 Å². The highest BCUT2D eigenvalue weighted by Gasteiger charge is 2.25. The van der Waals surface area contributed by atoms with Crippen LogP contribution in [-0.2, 0) is 7.05 Å². The van der Waals surface area contributed by atoms with E-state index >= 15 is 0 Å². The van der Waals surface area contributed by atoms with Crippen LogP contribution < -0.4 is 10.2 Å². The summed E-state index contributed by atoms with van der Waals surface area (Å²) in [5, 5.41) is 7.67. The molecular weight excluding hydrogens is 380 g/mol. The molecule has 3 aromatic rings. The molecule has 1 unspecified atom stereocenters. The van der Waals surface area contributed by atoms with Crippen LogP contribution in [0.2, 0.25) is 0 Å². The van der Waals surface area contributed by atoms with Crippen molar-refractivity contribution < 1.29 is 4.79 Å². The molecule has 1 atom stereocenters. The van der Waals surface area contributed by atoms with Crippen molar-refractivity contribution >= 4 is 17.7 Å². The second-order valence-corrected chi connectivity index (χ2v) is 7.47. The van der Waals surface area contributed by atoms with Crippen molar-refractivity contribution in [1.82, 2.24) is 29.6 Å². The van der Waals surface area contributed by atoms with E-state index in [0.29, 0.717) is 12.1 Å². The summed E-state index contributed by atoms with van der Waals surface area (Å²) in [6, 6.07) is 5.81. The molecule has 0 radical (unpaired) electrons. The highest BCUT2D eigenvalue weighted by molar-refractivity contribution is 5.93. The van der Waals surface area contributed by atoms with Gasteiger partial charge in [0.2, 0.25) is 5.95 Å². The van der Waals surface area contributed by atoms with Crippen molar-refractivity contribution in [2.24, 2.45) is 7.05 Å². The average Bonchev–Trinajstić information content (AvgIpc) is 3.42. The van der Waals surface area contributed by atoms with E-state index in [2.05, 4.69) is 25.3 Å². The van der Waals surface area contributed by atoms with Crippen LogP contribution in [0.5, 0.6) is 0 Å². The molecule has 1 saturated heterocycles. The van der Waals surface area contributed by atoms with E-state index < -0.39 is 0 Å². The number of carbonyl (C=O) groups excluding carboxylic acids is 1. The summed E-state index contributed by atoms with van der Waals surface area (Å²) < 4.78 is 1.76. The number of hydrogen-bond donors (Lipinski definition) is 1. The lowest BCUT2D eigenvalue weighted by molar-refractivity contribution is 0.0802. The molecule has 4 heterocycles. The van der Waals surface area contributed by atoms with Crippen LogP contribution in [0.1, 0.15) is 23.7 Å². The van der Waals surface area contributed by atoms with E-state index in [1.165, 1.54) is 0 Å². The molecule has 0 saturated carbocycles. The van der Waals surface area contributed by atoms with Crippen molar-refractivity contribution in [3.63, 3.8) is 0 Å². The average molecular weight is 406 g/mol. The maximum Gasteiger partial charge on any atom is 0.255 e. The Morgan fingerprint density at radius 1 is 1.27 bits per heavy atom. The third-order valence-corrected chi connectivity index (χ3v) is 5.30. The molecule has 1 aliphatic heterocycles. The van der Waals surface area contributed by atoms with E-state index in [-0.39, 0.29) is 11.9 Å². The molecule has 30 heavy (non-hydrogen) atoms. The van der Waals surface area contributed by atoms with Gasteiger partial charge >= 0.3 is 0 Å². The quantitative estimate of drug-likeness (QED) is 0.670. The van der Waals surface area contributed by atoms with Gasteiger partial charge < -0.3 is 15.1 Å². The minimum atomic E-state index is -0.0192. The minimum Gasteiger partial charge on any atom is -0.365 e. The summed E-state index contributed by atoms with van der Waals surface area (Å²) in [7, 11) is 3.67. The molecule has 9 heteroatoms. The van der Waals surface area contributed by atoms with Crippen LogP contribution >= 0.6 is 0 Å². The molecule has 0 bridgehead atoms. The highest BCUT2D eigenvalue weighted by Crippen LogP contribution is 2.22. The van der Waals surface area contributed by atoms with E-state index in [0.717, 1.165) is 42.5 Å². The van der Waals surface area contributed by atoms with Crippen LogP contribution in [-0.4, -0.2) is 68.3 Å². The molecule has 1 N–H and O–H groups in total. The van der Waals surface area contributed by atoms with Crippen molar-refractivity contribution in [2.75, 3.05) is 36.9 Å². The molecule has 9 nitrogen and oxygen atoms in total. The first-order valence-electron chi connectivity index (χ1n) is 10.1. The number of hydrogen-bond acceptors (Lipinski definition) is 7. The summed E-state index contributed by atoms with van der Waals surface area (Å²) in [5.74, 6) is 1.47. The molecule has 1 fully saturated rings. The lowest BCUT2D eigenvalue weighted by Gasteiger charge is -2.18. The lowest BCUT2D eigenvalue weighted by atomic mass is 10.2. The van der Waals surface area contributed by atoms with E-state index in [1.54, 1.807) is 35.2 Å². The first kappa shape index (κ1) is 19.8. The molecule has 4 rings (SSSR count). The smallest absolute Gasteiger partial charge is 0.255 e. The summed E-state index contributed by atoms with van der Waals surface area (Å²) in [5.41, 5.74) is 2.43. The SMILES string of the molecule is CCN(C)C(=O)c1ccc(NC2CCN(c3nccc(-c4cnn(C)c4)n3)C2)nc1. The predicted molar refractivity (Wildman–Crippen MR) is 115 cm³/mol. The predicted octanol–water partition coefficient (Wildman–Crippen LogP) is 2.05. The zero-order chi connectivity index (χ0) is 21.1. The first-order chi connectivity index (χ1) is 14.5. The number of aryl methyl sites for hydroxylation is 1. The molecule has 3 aromatic heterocycles. The zero-order valence-corrected chi connectivity index (χ0v) is 17.5. The number of amides is 1. The number of rotatable bonds is 6. The largest absolute Gasteiger partial charge is 0.365 e. The Bertz CT molecular complexity index is 1020. The second-order valence-electron chi connectivity index (χ2n) is 7.47. The van der Waals surface area contributed by atoms with Crippen LogP contribution in [0.25, 0.3) is 11.3 Å². The van der Waals surface area contributed by atoms with Gasteiger partial charge in [-0.05, 0) is 31.5 Å². The van der Waals surface area contributed by atoms with Crippen molar-refractivity contribution in [2.45, 2.75) is 19.4 Å². The maximum atomic E-state index is 12.2. The normalized spacial score (nSPS) is 16.0. The minimum absolute atomic E-state index is 0.0192. The number of nitrogens with zero attached hydrogens (tertiary/aromatic N) is 7. The summed E-state index contributed by atoms with van der Waals surface area (Å²) in [6.45, 7) is 4.27. The Labute approximate surface area is 175 Å². The van der Waals surface area contributed by atoms with Gasteiger partial charge in [-0.1, -0.05) is 0 Å². The van der Waals surface area contributed by atoms with Gasteiger partial charge in [0.25, 0.3) is 5.91 Å². The van der Waals surface area contributed by atoms with Gasteiger partial charge in [-0.25, -0.2) is 15.0 Å². The summed E-state index contributed by atoms with van der Waals surface area (Å²) in [6.07, 6.45) is 8.12. The molecule has 0 spiro atoms. The fraction of sp³-hybridized carbons (Fsp3) is 0.381.